The van der Waals surface area contributed by atoms with Gasteiger partial charge in [0.15, 0.2) is 10.3 Å². The van der Waals surface area contributed by atoms with Crippen molar-refractivity contribution in [2.24, 2.45) is 0 Å². The molecule has 0 aliphatic carbocycles. The first kappa shape index (κ1) is 15.6. The Hall–Kier alpha value is -2.32. The van der Waals surface area contributed by atoms with Crippen molar-refractivity contribution < 1.29 is 4.79 Å². The van der Waals surface area contributed by atoms with Gasteiger partial charge in [0.2, 0.25) is 5.91 Å². The number of rotatable bonds is 5. The molecule has 0 aliphatic heterocycles. The van der Waals surface area contributed by atoms with Crippen LogP contribution in [0.1, 0.15) is 17.0 Å². The average molecular weight is 345 g/mol. The summed E-state index contributed by atoms with van der Waals surface area (Å²) in [7, 11) is 0. The maximum Gasteiger partial charge on any atom is 0.232 e. The molecular weight excluding hydrogens is 330 g/mol. The van der Waals surface area contributed by atoms with Crippen LogP contribution in [0.15, 0.2) is 29.1 Å². The van der Waals surface area contributed by atoms with Gasteiger partial charge in [0.25, 0.3) is 0 Å². The van der Waals surface area contributed by atoms with E-state index in [0.717, 1.165) is 27.9 Å². The second-order valence-corrected chi connectivity index (χ2v) is 6.72. The molecule has 0 aliphatic rings. The van der Waals surface area contributed by atoms with Gasteiger partial charge in [0.1, 0.15) is 5.82 Å². The summed E-state index contributed by atoms with van der Waals surface area (Å²) < 4.78 is 0. The summed E-state index contributed by atoms with van der Waals surface area (Å²) in [5.41, 5.74) is 2.74. The lowest BCUT2D eigenvalue weighted by Gasteiger charge is -2.02. The Balaban J connectivity index is 1.59. The van der Waals surface area contributed by atoms with Crippen molar-refractivity contribution in [3.63, 3.8) is 0 Å². The summed E-state index contributed by atoms with van der Waals surface area (Å²) in [5, 5.41) is 11.0. The maximum absolute atomic E-state index is 12.0. The zero-order valence-corrected chi connectivity index (χ0v) is 14.3. The molecule has 6 nitrogen and oxygen atoms in total. The fraction of sp³-hybridized carbons (Fsp3) is 0.200. The number of carbonyl (C=O) groups is 1. The van der Waals surface area contributed by atoms with Gasteiger partial charge in [-0.15, -0.1) is 22.7 Å². The minimum Gasteiger partial charge on any atom is -0.316 e. The number of nitrogens with one attached hydrogen (secondary N) is 2. The third-order valence-corrected chi connectivity index (χ3v) is 4.59. The molecule has 0 radical (unpaired) electrons. The van der Waals surface area contributed by atoms with E-state index < -0.39 is 0 Å². The standard InChI is InChI=1S/C15H15N5OS2/c1-9-3-4-16-12(5-9)19-15-18-11(8-23-15)6-13(21)20-14-17-10(2)7-22-14/h3-5,7-8H,6H2,1-2H3,(H,16,18,19)(H,17,20,21). The molecule has 8 heteroatoms. The Labute approximate surface area is 141 Å². The third-order valence-electron chi connectivity index (χ3n) is 2.91. The van der Waals surface area contributed by atoms with E-state index in [1.54, 1.807) is 6.20 Å². The lowest BCUT2D eigenvalue weighted by molar-refractivity contribution is -0.115. The van der Waals surface area contributed by atoms with Crippen LogP contribution in [-0.2, 0) is 11.2 Å². The molecule has 1 amide bonds. The van der Waals surface area contributed by atoms with Crippen molar-refractivity contribution in [3.05, 3.63) is 46.0 Å². The molecule has 0 bridgehead atoms. The van der Waals surface area contributed by atoms with Crippen LogP contribution in [0.5, 0.6) is 0 Å². The normalized spacial score (nSPS) is 10.5. The molecule has 0 saturated heterocycles. The number of amides is 1. The number of aromatic nitrogens is 3. The molecule has 2 N–H and O–H groups in total. The van der Waals surface area contributed by atoms with Crippen LogP contribution in [0.2, 0.25) is 0 Å². The van der Waals surface area contributed by atoms with Gasteiger partial charge in [-0.2, -0.15) is 0 Å². The number of thiazole rings is 2. The fourth-order valence-corrected chi connectivity index (χ4v) is 3.32. The summed E-state index contributed by atoms with van der Waals surface area (Å²) in [6.07, 6.45) is 1.97. The van der Waals surface area contributed by atoms with Gasteiger partial charge in [0, 0.05) is 17.0 Å². The lowest BCUT2D eigenvalue weighted by atomic mass is 10.3. The van der Waals surface area contributed by atoms with E-state index in [-0.39, 0.29) is 12.3 Å². The van der Waals surface area contributed by atoms with Crippen molar-refractivity contribution in [3.8, 4) is 0 Å². The largest absolute Gasteiger partial charge is 0.316 e. The van der Waals surface area contributed by atoms with Crippen molar-refractivity contribution in [1.82, 2.24) is 15.0 Å². The summed E-state index contributed by atoms with van der Waals surface area (Å²) >= 11 is 2.86. The summed E-state index contributed by atoms with van der Waals surface area (Å²) in [6.45, 7) is 3.90. The van der Waals surface area contributed by atoms with Crippen LogP contribution in [0.4, 0.5) is 16.1 Å². The van der Waals surface area contributed by atoms with Gasteiger partial charge in [0.05, 0.1) is 17.8 Å². The highest BCUT2D eigenvalue weighted by molar-refractivity contribution is 7.14. The van der Waals surface area contributed by atoms with E-state index in [4.69, 9.17) is 0 Å². The molecule has 23 heavy (non-hydrogen) atoms. The number of anilines is 3. The minimum absolute atomic E-state index is 0.120. The van der Waals surface area contributed by atoms with Crippen LogP contribution >= 0.6 is 22.7 Å². The molecule has 0 atom stereocenters. The number of aryl methyl sites for hydroxylation is 2. The van der Waals surface area contributed by atoms with Gasteiger partial charge in [-0.1, -0.05) is 0 Å². The van der Waals surface area contributed by atoms with Gasteiger partial charge in [-0.25, -0.2) is 15.0 Å². The minimum atomic E-state index is -0.120. The third kappa shape index (κ3) is 4.33. The molecule has 118 valence electrons. The molecule has 0 unspecified atom stereocenters. The molecule has 3 aromatic heterocycles. The van der Waals surface area contributed by atoms with E-state index in [0.29, 0.717) is 5.13 Å². The Morgan fingerprint density at radius 1 is 1.17 bits per heavy atom. The molecular formula is C15H15N5OS2. The zero-order valence-electron chi connectivity index (χ0n) is 12.7. The molecule has 3 heterocycles. The highest BCUT2D eigenvalue weighted by Gasteiger charge is 2.10. The molecule has 0 saturated carbocycles. The maximum atomic E-state index is 12.0. The van der Waals surface area contributed by atoms with Gasteiger partial charge in [-0.3, -0.25) is 4.79 Å². The zero-order chi connectivity index (χ0) is 16.2. The first-order valence-electron chi connectivity index (χ1n) is 6.94. The van der Waals surface area contributed by atoms with E-state index in [2.05, 4.69) is 25.6 Å². The van der Waals surface area contributed by atoms with Crippen LogP contribution in [0, 0.1) is 13.8 Å². The number of hydrogen-bond donors (Lipinski definition) is 2. The Morgan fingerprint density at radius 3 is 2.74 bits per heavy atom. The summed E-state index contributed by atoms with van der Waals surface area (Å²) in [4.78, 5) is 24.8. The average Bonchev–Trinajstić information content (AvgIpc) is 3.08. The van der Waals surface area contributed by atoms with E-state index in [1.807, 2.05) is 36.7 Å². The monoisotopic (exact) mass is 345 g/mol. The van der Waals surface area contributed by atoms with Crippen molar-refractivity contribution in [1.29, 1.82) is 0 Å². The molecule has 0 fully saturated rings. The van der Waals surface area contributed by atoms with E-state index in [1.165, 1.54) is 22.7 Å². The van der Waals surface area contributed by atoms with Gasteiger partial charge >= 0.3 is 0 Å². The second-order valence-electron chi connectivity index (χ2n) is 5.01. The van der Waals surface area contributed by atoms with Crippen LogP contribution < -0.4 is 10.6 Å². The predicted octanol–water partition coefficient (Wildman–Crippen LogP) is 3.54. The molecule has 3 aromatic rings. The summed E-state index contributed by atoms with van der Waals surface area (Å²) in [6, 6.07) is 3.88. The van der Waals surface area contributed by atoms with E-state index in [9.17, 15) is 4.79 Å². The Bertz CT molecular complexity index is 827. The second kappa shape index (κ2) is 6.84. The predicted molar refractivity (Wildman–Crippen MR) is 93.6 cm³/mol. The lowest BCUT2D eigenvalue weighted by Crippen LogP contribution is -2.14. The molecule has 3 rings (SSSR count). The highest BCUT2D eigenvalue weighted by atomic mass is 32.1. The topological polar surface area (TPSA) is 79.8 Å². The smallest absolute Gasteiger partial charge is 0.232 e. The first-order valence-corrected chi connectivity index (χ1v) is 8.70. The van der Waals surface area contributed by atoms with Gasteiger partial charge < -0.3 is 10.6 Å². The van der Waals surface area contributed by atoms with Crippen LogP contribution in [0.25, 0.3) is 0 Å². The summed E-state index contributed by atoms with van der Waals surface area (Å²) in [5.74, 6) is 0.624. The number of pyridine rings is 1. The SMILES string of the molecule is Cc1ccnc(Nc2nc(CC(=O)Nc3nc(C)cs3)cs2)c1. The number of nitrogens with zero attached hydrogens (tertiary/aromatic N) is 3. The van der Waals surface area contributed by atoms with E-state index >= 15 is 0 Å². The van der Waals surface area contributed by atoms with Gasteiger partial charge in [-0.05, 0) is 31.5 Å². The van der Waals surface area contributed by atoms with Crippen molar-refractivity contribution in [2.75, 3.05) is 10.6 Å². The fourth-order valence-electron chi connectivity index (χ4n) is 1.90. The Morgan fingerprint density at radius 2 is 2.00 bits per heavy atom. The highest BCUT2D eigenvalue weighted by Crippen LogP contribution is 2.21. The van der Waals surface area contributed by atoms with Crippen molar-refractivity contribution in [2.45, 2.75) is 20.3 Å². The van der Waals surface area contributed by atoms with Crippen LogP contribution in [-0.4, -0.2) is 20.9 Å². The quantitative estimate of drug-likeness (QED) is 0.739. The first-order chi connectivity index (χ1) is 11.1. The number of carbonyl (C=O) groups excluding carboxylic acids is 1. The number of hydrogen-bond acceptors (Lipinski definition) is 7. The molecule has 0 spiro atoms. The van der Waals surface area contributed by atoms with Crippen molar-refractivity contribution >= 4 is 44.7 Å². The Kier molecular flexibility index (Phi) is 4.63. The molecule has 0 aromatic carbocycles. The van der Waals surface area contributed by atoms with Crippen LogP contribution in [0.3, 0.4) is 0 Å².